The highest BCUT2D eigenvalue weighted by Crippen LogP contribution is 2.35. The number of methoxy groups -OCH3 is 2. The lowest BCUT2D eigenvalue weighted by Crippen LogP contribution is -2.29. The second kappa shape index (κ2) is 10.9. The van der Waals surface area contributed by atoms with Gasteiger partial charge in [0.15, 0.2) is 11.5 Å². The molecular formula is C28H30N2O4. The molecule has 3 aromatic carbocycles. The molecule has 0 aliphatic carbocycles. The standard InChI is InChI=1S/C28H30N2O4/c1-33-25-17-23(28(32)30-15-9-10-16-30)24(19-26(25)34-2)29-27(31)18-22(20-11-5-3-6-12-20)21-13-7-4-8-14-21/h3-8,11-14,17,19,22H,9-10,15-16,18H2,1-2H3,(H,29,31). The average Bonchev–Trinajstić information content (AvgIpc) is 3.43. The van der Waals surface area contributed by atoms with E-state index in [1.54, 1.807) is 12.1 Å². The largest absolute Gasteiger partial charge is 0.493 e. The molecule has 0 bridgehead atoms. The predicted molar refractivity (Wildman–Crippen MR) is 133 cm³/mol. The fraction of sp³-hybridized carbons (Fsp3) is 0.286. The van der Waals surface area contributed by atoms with Crippen LogP contribution in [-0.2, 0) is 4.79 Å². The summed E-state index contributed by atoms with van der Waals surface area (Å²) in [6.45, 7) is 1.43. The van der Waals surface area contributed by atoms with E-state index in [0.29, 0.717) is 35.8 Å². The number of ether oxygens (including phenoxy) is 2. The van der Waals surface area contributed by atoms with Gasteiger partial charge in [-0.3, -0.25) is 9.59 Å². The highest BCUT2D eigenvalue weighted by atomic mass is 16.5. The van der Waals surface area contributed by atoms with Gasteiger partial charge in [-0.15, -0.1) is 0 Å². The summed E-state index contributed by atoms with van der Waals surface area (Å²) in [5, 5.41) is 2.99. The van der Waals surface area contributed by atoms with Crippen LogP contribution in [0.2, 0.25) is 0 Å². The lowest BCUT2D eigenvalue weighted by Gasteiger charge is -2.21. The van der Waals surface area contributed by atoms with E-state index in [1.807, 2.05) is 65.6 Å². The van der Waals surface area contributed by atoms with Crippen LogP contribution in [0.3, 0.4) is 0 Å². The summed E-state index contributed by atoms with van der Waals surface area (Å²) in [7, 11) is 3.07. The van der Waals surface area contributed by atoms with E-state index in [9.17, 15) is 9.59 Å². The topological polar surface area (TPSA) is 67.9 Å². The van der Waals surface area contributed by atoms with Crippen LogP contribution in [0.15, 0.2) is 72.8 Å². The van der Waals surface area contributed by atoms with E-state index < -0.39 is 0 Å². The van der Waals surface area contributed by atoms with Gasteiger partial charge in [0.1, 0.15) is 0 Å². The summed E-state index contributed by atoms with van der Waals surface area (Å²) in [6.07, 6.45) is 2.20. The molecule has 1 N–H and O–H groups in total. The van der Waals surface area contributed by atoms with E-state index in [1.165, 1.54) is 14.2 Å². The first-order valence-electron chi connectivity index (χ1n) is 11.6. The number of rotatable bonds is 8. The van der Waals surface area contributed by atoms with Crippen molar-refractivity contribution in [2.24, 2.45) is 0 Å². The molecule has 1 fully saturated rings. The van der Waals surface area contributed by atoms with Crippen LogP contribution >= 0.6 is 0 Å². The van der Waals surface area contributed by atoms with Crippen molar-refractivity contribution in [1.29, 1.82) is 0 Å². The molecule has 1 aliphatic heterocycles. The first-order valence-corrected chi connectivity index (χ1v) is 11.6. The predicted octanol–water partition coefficient (Wildman–Crippen LogP) is 5.10. The van der Waals surface area contributed by atoms with Gasteiger partial charge in [0.25, 0.3) is 5.91 Å². The Morgan fingerprint density at radius 3 is 1.91 bits per heavy atom. The highest BCUT2D eigenvalue weighted by molar-refractivity contribution is 6.05. The Morgan fingerprint density at radius 1 is 0.853 bits per heavy atom. The third-order valence-electron chi connectivity index (χ3n) is 6.21. The van der Waals surface area contributed by atoms with Crippen LogP contribution < -0.4 is 14.8 Å². The Labute approximate surface area is 200 Å². The lowest BCUT2D eigenvalue weighted by atomic mass is 9.88. The molecule has 176 valence electrons. The summed E-state index contributed by atoms with van der Waals surface area (Å²) in [5.41, 5.74) is 2.96. The molecule has 0 aromatic heterocycles. The summed E-state index contributed by atoms with van der Waals surface area (Å²) in [5.74, 6) is 0.505. The third-order valence-corrected chi connectivity index (χ3v) is 6.21. The monoisotopic (exact) mass is 458 g/mol. The van der Waals surface area contributed by atoms with Gasteiger partial charge < -0.3 is 19.7 Å². The van der Waals surface area contributed by atoms with Crippen LogP contribution in [0, 0.1) is 0 Å². The minimum absolute atomic E-state index is 0.111. The van der Waals surface area contributed by atoms with Gasteiger partial charge in [0.05, 0.1) is 25.5 Å². The van der Waals surface area contributed by atoms with Crippen LogP contribution in [0.5, 0.6) is 11.5 Å². The number of likely N-dealkylation sites (tertiary alicyclic amines) is 1. The molecule has 1 heterocycles. The molecule has 6 nitrogen and oxygen atoms in total. The van der Waals surface area contributed by atoms with Crippen LogP contribution in [0.1, 0.15) is 46.7 Å². The Hall–Kier alpha value is -3.80. The second-order valence-electron chi connectivity index (χ2n) is 8.38. The lowest BCUT2D eigenvalue weighted by molar-refractivity contribution is -0.116. The molecule has 0 saturated carbocycles. The number of amides is 2. The van der Waals surface area contributed by atoms with Gasteiger partial charge >= 0.3 is 0 Å². The SMILES string of the molecule is COc1cc(NC(=O)CC(c2ccccc2)c2ccccc2)c(C(=O)N2CCCC2)cc1OC. The van der Waals surface area contributed by atoms with E-state index in [2.05, 4.69) is 5.32 Å². The molecule has 0 unspecified atom stereocenters. The molecule has 34 heavy (non-hydrogen) atoms. The van der Waals surface area contributed by atoms with Crippen LogP contribution in [-0.4, -0.2) is 44.0 Å². The Morgan fingerprint density at radius 2 is 1.38 bits per heavy atom. The number of hydrogen-bond acceptors (Lipinski definition) is 4. The molecule has 0 atom stereocenters. The number of benzene rings is 3. The first kappa shape index (κ1) is 23.4. The zero-order chi connectivity index (χ0) is 23.9. The highest BCUT2D eigenvalue weighted by Gasteiger charge is 2.26. The number of hydrogen-bond donors (Lipinski definition) is 1. The third kappa shape index (κ3) is 5.22. The average molecular weight is 459 g/mol. The Balaban J connectivity index is 1.63. The zero-order valence-electron chi connectivity index (χ0n) is 19.6. The van der Waals surface area contributed by atoms with Crippen molar-refractivity contribution in [3.05, 3.63) is 89.5 Å². The second-order valence-corrected chi connectivity index (χ2v) is 8.38. The molecule has 0 spiro atoms. The fourth-order valence-electron chi connectivity index (χ4n) is 4.44. The number of carbonyl (C=O) groups is 2. The van der Waals surface area contributed by atoms with Crippen LogP contribution in [0.4, 0.5) is 5.69 Å². The molecular weight excluding hydrogens is 428 g/mol. The van der Waals surface area contributed by atoms with Crippen LogP contribution in [0.25, 0.3) is 0 Å². The number of carbonyl (C=O) groups excluding carboxylic acids is 2. The quantitative estimate of drug-likeness (QED) is 0.510. The van der Waals surface area contributed by atoms with Crippen molar-refractivity contribution in [3.8, 4) is 11.5 Å². The zero-order valence-corrected chi connectivity index (χ0v) is 19.6. The van der Waals surface area contributed by atoms with Crippen molar-refractivity contribution in [1.82, 2.24) is 4.90 Å². The molecule has 3 aromatic rings. The van der Waals surface area contributed by atoms with E-state index in [4.69, 9.17) is 9.47 Å². The van der Waals surface area contributed by atoms with E-state index >= 15 is 0 Å². The summed E-state index contributed by atoms with van der Waals surface area (Å²) >= 11 is 0. The van der Waals surface area contributed by atoms with Gasteiger partial charge in [-0.25, -0.2) is 0 Å². The number of anilines is 1. The van der Waals surface area contributed by atoms with Gasteiger partial charge in [0, 0.05) is 31.5 Å². The van der Waals surface area contributed by atoms with Crippen molar-refractivity contribution < 1.29 is 19.1 Å². The Kier molecular flexibility index (Phi) is 7.48. The number of nitrogens with zero attached hydrogens (tertiary/aromatic N) is 1. The summed E-state index contributed by atoms with van der Waals surface area (Å²) < 4.78 is 10.9. The van der Waals surface area contributed by atoms with Crippen molar-refractivity contribution >= 4 is 17.5 Å². The first-order chi connectivity index (χ1) is 16.6. The smallest absolute Gasteiger partial charge is 0.256 e. The minimum atomic E-state index is -0.180. The van der Waals surface area contributed by atoms with Gasteiger partial charge in [-0.05, 0) is 30.0 Å². The van der Waals surface area contributed by atoms with Gasteiger partial charge in [-0.2, -0.15) is 0 Å². The maximum absolute atomic E-state index is 13.3. The van der Waals surface area contributed by atoms with Crippen molar-refractivity contribution in [2.75, 3.05) is 32.6 Å². The summed E-state index contributed by atoms with van der Waals surface area (Å²) in [4.78, 5) is 28.4. The van der Waals surface area contributed by atoms with Gasteiger partial charge in [-0.1, -0.05) is 60.7 Å². The maximum Gasteiger partial charge on any atom is 0.256 e. The van der Waals surface area contributed by atoms with E-state index in [0.717, 1.165) is 24.0 Å². The van der Waals surface area contributed by atoms with Crippen molar-refractivity contribution in [3.63, 3.8) is 0 Å². The normalized spacial score (nSPS) is 13.1. The van der Waals surface area contributed by atoms with E-state index in [-0.39, 0.29) is 24.2 Å². The number of nitrogens with one attached hydrogen (secondary N) is 1. The molecule has 2 amide bonds. The molecule has 6 heteroatoms. The fourth-order valence-corrected chi connectivity index (χ4v) is 4.44. The molecule has 4 rings (SSSR count). The summed E-state index contributed by atoms with van der Waals surface area (Å²) in [6, 6.07) is 23.3. The maximum atomic E-state index is 13.3. The van der Waals surface area contributed by atoms with Gasteiger partial charge in [0.2, 0.25) is 5.91 Å². The molecule has 1 aliphatic rings. The molecule has 1 saturated heterocycles. The Bertz CT molecular complexity index is 1090. The minimum Gasteiger partial charge on any atom is -0.493 e. The van der Waals surface area contributed by atoms with Crippen molar-refractivity contribution in [2.45, 2.75) is 25.2 Å². The molecule has 0 radical (unpaired) electrons.